The standard InChI is InChI=1S/C35H36ClFN4O6/c1-35(23-8-7-21(36)17-24(23)37)46-29-6-4-5-27(33(29)47-35)40-13-12-39(25-9-10-26(25)40)19-31-38-32-28(41(31)18-22-11-14-45-22)15-20(34(42)44-3)16-30(32)43-2/h4-8,15-17,22,25-26H,9-14,18-19H2,1-3H3/t22-,25-,26-,35?/m0/s1. The summed E-state index contributed by atoms with van der Waals surface area (Å²) < 4.78 is 46.4. The lowest BCUT2D eigenvalue weighted by molar-refractivity contribution is -0.0706. The molecule has 1 aliphatic carbocycles. The van der Waals surface area contributed by atoms with E-state index in [2.05, 4.69) is 20.4 Å². The first-order chi connectivity index (χ1) is 22.8. The third-order valence-electron chi connectivity index (χ3n) is 10.1. The number of imidazole rings is 1. The molecule has 3 fully saturated rings. The monoisotopic (exact) mass is 662 g/mol. The van der Waals surface area contributed by atoms with Gasteiger partial charge in [0.25, 0.3) is 5.79 Å². The third kappa shape index (κ3) is 5.06. The summed E-state index contributed by atoms with van der Waals surface area (Å²) in [5.74, 6) is 0.446. The molecule has 0 spiro atoms. The smallest absolute Gasteiger partial charge is 0.338 e. The molecule has 4 atom stereocenters. The van der Waals surface area contributed by atoms with Crippen LogP contribution in [0.1, 0.15) is 47.9 Å². The van der Waals surface area contributed by atoms with Gasteiger partial charge in [0, 0.05) is 43.7 Å². The van der Waals surface area contributed by atoms with Crippen LogP contribution in [-0.4, -0.2) is 72.5 Å². The maximum absolute atomic E-state index is 15.0. The topological polar surface area (TPSA) is 87.5 Å². The zero-order valence-electron chi connectivity index (χ0n) is 26.5. The van der Waals surface area contributed by atoms with E-state index in [1.807, 2.05) is 18.2 Å². The molecule has 246 valence electrons. The summed E-state index contributed by atoms with van der Waals surface area (Å²) in [7, 11) is 2.96. The number of hydrogen-bond acceptors (Lipinski definition) is 9. The molecule has 0 bridgehead atoms. The number of esters is 1. The van der Waals surface area contributed by atoms with Gasteiger partial charge in [0.05, 0.1) is 55.7 Å². The molecule has 0 amide bonds. The molecule has 1 saturated carbocycles. The largest absolute Gasteiger partial charge is 0.494 e. The Morgan fingerprint density at radius 2 is 1.91 bits per heavy atom. The van der Waals surface area contributed by atoms with Gasteiger partial charge in [0.15, 0.2) is 11.5 Å². The van der Waals surface area contributed by atoms with Crippen LogP contribution in [-0.2, 0) is 28.4 Å². The lowest BCUT2D eigenvalue weighted by Crippen LogP contribution is -2.64. The van der Waals surface area contributed by atoms with E-state index in [1.54, 1.807) is 32.2 Å². The summed E-state index contributed by atoms with van der Waals surface area (Å²) in [4.78, 5) is 22.5. The Kier molecular flexibility index (Phi) is 7.46. The van der Waals surface area contributed by atoms with Crippen LogP contribution in [0.15, 0.2) is 48.5 Å². The van der Waals surface area contributed by atoms with E-state index in [9.17, 15) is 9.18 Å². The number of rotatable bonds is 8. The van der Waals surface area contributed by atoms with Crippen LogP contribution in [0.5, 0.6) is 17.2 Å². The second-order valence-corrected chi connectivity index (χ2v) is 13.1. The molecule has 8 rings (SSSR count). The van der Waals surface area contributed by atoms with Crippen molar-refractivity contribution in [1.82, 2.24) is 14.5 Å². The van der Waals surface area contributed by atoms with Crippen LogP contribution in [0.2, 0.25) is 5.02 Å². The molecular weight excluding hydrogens is 627 g/mol. The fourth-order valence-electron chi connectivity index (χ4n) is 7.39. The number of anilines is 1. The van der Waals surface area contributed by atoms with Crippen molar-refractivity contribution in [3.63, 3.8) is 0 Å². The summed E-state index contributed by atoms with van der Waals surface area (Å²) >= 11 is 6.02. The van der Waals surface area contributed by atoms with Crippen molar-refractivity contribution >= 4 is 34.3 Å². The van der Waals surface area contributed by atoms with Gasteiger partial charge < -0.3 is 33.2 Å². The fraction of sp³-hybridized carbons (Fsp3) is 0.429. The molecule has 4 aliphatic rings. The number of piperazine rings is 1. The van der Waals surface area contributed by atoms with E-state index < -0.39 is 17.6 Å². The predicted molar refractivity (Wildman–Crippen MR) is 173 cm³/mol. The van der Waals surface area contributed by atoms with Gasteiger partial charge in [0.2, 0.25) is 0 Å². The molecule has 3 aromatic carbocycles. The molecule has 0 radical (unpaired) electrons. The zero-order valence-corrected chi connectivity index (χ0v) is 27.3. The van der Waals surface area contributed by atoms with Crippen LogP contribution < -0.4 is 19.1 Å². The highest BCUT2D eigenvalue weighted by atomic mass is 35.5. The minimum atomic E-state index is -1.31. The average Bonchev–Trinajstić information content (AvgIpc) is 3.55. The van der Waals surface area contributed by atoms with Crippen molar-refractivity contribution in [2.75, 3.05) is 38.8 Å². The third-order valence-corrected chi connectivity index (χ3v) is 10.3. The summed E-state index contributed by atoms with van der Waals surface area (Å²) in [5, 5.41) is 0.317. The highest BCUT2D eigenvalue weighted by molar-refractivity contribution is 6.30. The van der Waals surface area contributed by atoms with Gasteiger partial charge in [0.1, 0.15) is 22.9 Å². The Hall–Kier alpha value is -4.06. The average molecular weight is 663 g/mol. The van der Waals surface area contributed by atoms with Gasteiger partial charge in [-0.2, -0.15) is 0 Å². The summed E-state index contributed by atoms with van der Waals surface area (Å²) in [6.07, 6.45) is 3.18. The number of nitrogens with zero attached hydrogens (tertiary/aromatic N) is 4. The number of ether oxygens (including phenoxy) is 5. The minimum Gasteiger partial charge on any atom is -0.494 e. The lowest BCUT2D eigenvalue weighted by atomic mass is 9.81. The van der Waals surface area contributed by atoms with Gasteiger partial charge >= 0.3 is 5.97 Å². The van der Waals surface area contributed by atoms with E-state index in [0.717, 1.165) is 61.5 Å². The van der Waals surface area contributed by atoms with Crippen molar-refractivity contribution in [2.45, 2.75) is 63.3 Å². The van der Waals surface area contributed by atoms with Gasteiger partial charge in [-0.15, -0.1) is 0 Å². The minimum absolute atomic E-state index is 0.0988. The van der Waals surface area contributed by atoms with E-state index in [-0.39, 0.29) is 12.1 Å². The molecule has 1 aromatic heterocycles. The Morgan fingerprint density at radius 1 is 1.09 bits per heavy atom. The molecule has 4 aromatic rings. The second-order valence-electron chi connectivity index (χ2n) is 12.7. The van der Waals surface area contributed by atoms with Crippen LogP contribution in [0.4, 0.5) is 10.1 Å². The van der Waals surface area contributed by atoms with Gasteiger partial charge in [-0.05, 0) is 61.7 Å². The Morgan fingerprint density at radius 3 is 2.62 bits per heavy atom. The summed E-state index contributed by atoms with van der Waals surface area (Å²) in [6, 6.07) is 14.5. The maximum Gasteiger partial charge on any atom is 0.338 e. The van der Waals surface area contributed by atoms with E-state index >= 15 is 0 Å². The highest BCUT2D eigenvalue weighted by Crippen LogP contribution is 2.51. The maximum atomic E-state index is 15.0. The molecule has 0 N–H and O–H groups in total. The van der Waals surface area contributed by atoms with E-state index in [0.29, 0.717) is 52.5 Å². The number of para-hydroxylation sites is 1. The number of fused-ring (bicyclic) bond motifs is 3. The number of benzene rings is 3. The predicted octanol–water partition coefficient (Wildman–Crippen LogP) is 5.91. The van der Waals surface area contributed by atoms with Crippen molar-refractivity contribution in [3.8, 4) is 17.2 Å². The highest BCUT2D eigenvalue weighted by Gasteiger charge is 2.47. The molecule has 2 saturated heterocycles. The van der Waals surface area contributed by atoms with Crippen LogP contribution in [0.25, 0.3) is 11.0 Å². The number of carbonyl (C=O) groups is 1. The van der Waals surface area contributed by atoms with Crippen molar-refractivity contribution in [1.29, 1.82) is 0 Å². The van der Waals surface area contributed by atoms with Crippen molar-refractivity contribution in [3.05, 3.63) is 76.3 Å². The quantitative estimate of drug-likeness (QED) is 0.214. The van der Waals surface area contributed by atoms with Crippen LogP contribution in [0, 0.1) is 5.82 Å². The first-order valence-corrected chi connectivity index (χ1v) is 16.4. The van der Waals surface area contributed by atoms with Crippen molar-refractivity contribution < 1.29 is 32.9 Å². The number of aromatic nitrogens is 2. The molecule has 3 aliphatic heterocycles. The summed E-state index contributed by atoms with van der Waals surface area (Å²) in [6.45, 7) is 5.36. The van der Waals surface area contributed by atoms with Crippen LogP contribution in [0.3, 0.4) is 0 Å². The molecule has 1 unspecified atom stereocenters. The van der Waals surface area contributed by atoms with E-state index in [4.69, 9.17) is 40.3 Å². The second kappa shape index (κ2) is 11.6. The number of methoxy groups -OCH3 is 2. The van der Waals surface area contributed by atoms with Gasteiger partial charge in [-0.1, -0.05) is 17.7 Å². The lowest BCUT2D eigenvalue weighted by Gasteiger charge is -2.54. The van der Waals surface area contributed by atoms with Gasteiger partial charge in [-0.25, -0.2) is 14.2 Å². The van der Waals surface area contributed by atoms with Crippen LogP contribution >= 0.6 is 11.6 Å². The SMILES string of the molecule is COC(=O)c1cc(OC)c2nc(CN3CCN(c4cccc5c4OC(C)(c4ccc(Cl)cc4F)O5)[C@H]4CC[C@@H]43)n(C[C@@H]3CCO3)c2c1. The Labute approximate surface area is 276 Å². The number of halogens is 2. The van der Waals surface area contributed by atoms with Crippen molar-refractivity contribution in [2.24, 2.45) is 0 Å². The molecule has 47 heavy (non-hydrogen) atoms. The Bertz CT molecular complexity index is 1880. The number of hydrogen-bond donors (Lipinski definition) is 0. The molecule has 4 heterocycles. The van der Waals surface area contributed by atoms with Gasteiger partial charge in [-0.3, -0.25) is 4.90 Å². The first-order valence-electron chi connectivity index (χ1n) is 16.0. The van der Waals surface area contributed by atoms with E-state index in [1.165, 1.54) is 13.2 Å². The normalized spacial score (nSPS) is 24.9. The molecule has 10 nitrogen and oxygen atoms in total. The molecular formula is C35H36ClFN4O6. The molecule has 12 heteroatoms. The summed E-state index contributed by atoms with van der Waals surface area (Å²) in [5.41, 5.74) is 3.21. The first kappa shape index (κ1) is 30.3. The fourth-order valence-corrected chi connectivity index (χ4v) is 7.55. The Balaban J connectivity index is 1.07. The zero-order chi connectivity index (χ0) is 32.4. The number of carbonyl (C=O) groups excluding carboxylic acids is 1.